The molecule has 0 aliphatic rings. The summed E-state index contributed by atoms with van der Waals surface area (Å²) < 4.78 is 0.797. The van der Waals surface area contributed by atoms with Crippen molar-refractivity contribution in [2.75, 3.05) is 11.5 Å². The van der Waals surface area contributed by atoms with E-state index in [2.05, 4.69) is 20.1 Å². The lowest BCUT2D eigenvalue weighted by molar-refractivity contribution is 1.54. The van der Waals surface area contributed by atoms with Crippen molar-refractivity contribution in [3.63, 3.8) is 0 Å². The fraction of sp³-hybridized carbons (Fsp3) is 0.273. The molecule has 0 saturated heterocycles. The lowest BCUT2D eigenvalue weighted by Gasteiger charge is -2.00. The Hall–Kier alpha value is -0.0500. The van der Waals surface area contributed by atoms with Gasteiger partial charge in [0, 0.05) is 11.5 Å². The van der Waals surface area contributed by atoms with Gasteiger partial charge in [0.15, 0.2) is 0 Å². The SMILES string of the molecule is C=C/C=C(/C)SCCS/C(Cl)=C\C=C. The molecule has 0 aromatic heterocycles. The van der Waals surface area contributed by atoms with Gasteiger partial charge >= 0.3 is 0 Å². The van der Waals surface area contributed by atoms with E-state index in [-0.39, 0.29) is 0 Å². The highest BCUT2D eigenvalue weighted by atomic mass is 35.5. The Kier molecular flexibility index (Phi) is 9.47. The summed E-state index contributed by atoms with van der Waals surface area (Å²) in [5.41, 5.74) is 0. The standard InChI is InChI=1S/C11H15ClS2/c1-4-6-10(3)13-8-9-14-11(12)7-5-2/h4-7H,1-2,8-9H2,3H3/b10-6-,11-7-. The fourth-order valence-electron chi connectivity index (χ4n) is 0.697. The highest BCUT2D eigenvalue weighted by Crippen LogP contribution is 2.23. The van der Waals surface area contributed by atoms with Crippen molar-refractivity contribution in [3.05, 3.63) is 46.7 Å². The topological polar surface area (TPSA) is 0 Å². The highest BCUT2D eigenvalue weighted by molar-refractivity contribution is 8.07. The maximum absolute atomic E-state index is 5.87. The van der Waals surface area contributed by atoms with Crippen LogP contribution in [0.4, 0.5) is 0 Å². The van der Waals surface area contributed by atoms with Crippen LogP contribution in [0.25, 0.3) is 0 Å². The Morgan fingerprint density at radius 2 is 1.71 bits per heavy atom. The molecule has 0 fully saturated rings. The molecule has 0 bridgehead atoms. The third-order valence-electron chi connectivity index (χ3n) is 1.25. The Bertz CT molecular complexity index is 216. The first-order valence-corrected chi connectivity index (χ1v) is 6.58. The molecule has 78 valence electrons. The van der Waals surface area contributed by atoms with Crippen molar-refractivity contribution in [1.29, 1.82) is 0 Å². The quantitative estimate of drug-likeness (QED) is 0.467. The predicted molar refractivity (Wildman–Crippen MR) is 73.0 cm³/mol. The average molecular weight is 247 g/mol. The predicted octanol–water partition coefficient (Wildman–Crippen LogP) is 4.81. The molecule has 14 heavy (non-hydrogen) atoms. The average Bonchev–Trinajstić information content (AvgIpc) is 2.13. The van der Waals surface area contributed by atoms with Gasteiger partial charge < -0.3 is 0 Å². The zero-order valence-electron chi connectivity index (χ0n) is 8.33. The molecular weight excluding hydrogens is 232 g/mol. The molecule has 0 aliphatic carbocycles. The number of allylic oxidation sites excluding steroid dienone is 5. The number of rotatable bonds is 7. The fourth-order valence-corrected chi connectivity index (χ4v) is 2.59. The Morgan fingerprint density at radius 3 is 2.29 bits per heavy atom. The van der Waals surface area contributed by atoms with Crippen LogP contribution in [-0.4, -0.2) is 11.5 Å². The van der Waals surface area contributed by atoms with Crippen molar-refractivity contribution in [3.8, 4) is 0 Å². The third kappa shape index (κ3) is 8.54. The lowest BCUT2D eigenvalue weighted by atomic mass is 10.5. The van der Waals surface area contributed by atoms with E-state index in [9.17, 15) is 0 Å². The van der Waals surface area contributed by atoms with Gasteiger partial charge in [0.2, 0.25) is 0 Å². The minimum atomic E-state index is 0.797. The van der Waals surface area contributed by atoms with Gasteiger partial charge in [-0.05, 0) is 17.9 Å². The van der Waals surface area contributed by atoms with Crippen molar-refractivity contribution < 1.29 is 0 Å². The highest BCUT2D eigenvalue weighted by Gasteiger charge is 1.94. The molecule has 0 spiro atoms. The summed E-state index contributed by atoms with van der Waals surface area (Å²) in [5, 5.41) is 0. The minimum Gasteiger partial charge on any atom is -0.130 e. The van der Waals surface area contributed by atoms with Crippen molar-refractivity contribution in [2.45, 2.75) is 6.92 Å². The van der Waals surface area contributed by atoms with Crippen molar-refractivity contribution in [1.82, 2.24) is 0 Å². The van der Waals surface area contributed by atoms with E-state index in [4.69, 9.17) is 11.6 Å². The summed E-state index contributed by atoms with van der Waals surface area (Å²) in [6.45, 7) is 9.31. The number of halogens is 1. The van der Waals surface area contributed by atoms with Gasteiger partial charge in [0.25, 0.3) is 0 Å². The molecule has 0 nitrogen and oxygen atoms in total. The van der Waals surface area contributed by atoms with E-state index >= 15 is 0 Å². The summed E-state index contributed by atoms with van der Waals surface area (Å²) in [6.07, 6.45) is 7.32. The van der Waals surface area contributed by atoms with Crippen LogP contribution in [0.1, 0.15) is 6.92 Å². The van der Waals surface area contributed by atoms with Crippen LogP contribution in [0.2, 0.25) is 0 Å². The van der Waals surface area contributed by atoms with Crippen LogP contribution >= 0.6 is 35.1 Å². The second kappa shape index (κ2) is 9.50. The molecule has 0 aliphatic heterocycles. The smallest absolute Gasteiger partial charge is 0.0734 e. The zero-order valence-corrected chi connectivity index (χ0v) is 10.7. The molecule has 0 heterocycles. The van der Waals surface area contributed by atoms with E-state index in [1.165, 1.54) is 4.91 Å². The summed E-state index contributed by atoms with van der Waals surface area (Å²) in [4.78, 5) is 1.28. The van der Waals surface area contributed by atoms with Gasteiger partial charge in [-0.3, -0.25) is 0 Å². The van der Waals surface area contributed by atoms with Gasteiger partial charge in [-0.2, -0.15) is 0 Å². The van der Waals surface area contributed by atoms with Gasteiger partial charge in [0.05, 0.1) is 4.36 Å². The molecule has 0 unspecified atom stereocenters. The van der Waals surface area contributed by atoms with Gasteiger partial charge in [-0.1, -0.05) is 43.0 Å². The first-order valence-electron chi connectivity index (χ1n) is 4.24. The number of hydrogen-bond donors (Lipinski definition) is 0. The minimum absolute atomic E-state index is 0.797. The van der Waals surface area contributed by atoms with Crippen molar-refractivity contribution >= 4 is 35.1 Å². The van der Waals surface area contributed by atoms with E-state index in [0.29, 0.717) is 0 Å². The van der Waals surface area contributed by atoms with E-state index < -0.39 is 0 Å². The Morgan fingerprint density at radius 1 is 1.14 bits per heavy atom. The second-order valence-corrected chi connectivity index (χ2v) is 5.53. The van der Waals surface area contributed by atoms with Crippen LogP contribution < -0.4 is 0 Å². The van der Waals surface area contributed by atoms with Gasteiger partial charge in [-0.25, -0.2) is 0 Å². The van der Waals surface area contributed by atoms with Crippen LogP contribution in [0.3, 0.4) is 0 Å². The first-order chi connectivity index (χ1) is 6.70. The Labute approximate surface area is 100 Å². The summed E-state index contributed by atoms with van der Waals surface area (Å²) >= 11 is 9.33. The number of hydrogen-bond acceptors (Lipinski definition) is 2. The summed E-state index contributed by atoms with van der Waals surface area (Å²) in [6, 6.07) is 0. The molecule has 0 N–H and O–H groups in total. The molecule has 0 radical (unpaired) electrons. The molecule has 3 heteroatoms. The second-order valence-electron chi connectivity index (χ2n) is 2.42. The molecule has 0 saturated carbocycles. The first kappa shape index (κ1) is 13.9. The van der Waals surface area contributed by atoms with Gasteiger partial charge in [0.1, 0.15) is 0 Å². The van der Waals surface area contributed by atoms with E-state index in [1.807, 2.05) is 23.9 Å². The zero-order chi connectivity index (χ0) is 10.8. The maximum Gasteiger partial charge on any atom is 0.0734 e. The maximum atomic E-state index is 5.87. The monoisotopic (exact) mass is 246 g/mol. The largest absolute Gasteiger partial charge is 0.130 e. The van der Waals surface area contributed by atoms with E-state index in [0.717, 1.165) is 15.9 Å². The Balaban J connectivity index is 3.56. The summed E-state index contributed by atoms with van der Waals surface area (Å²) in [7, 11) is 0. The third-order valence-corrected chi connectivity index (χ3v) is 3.79. The lowest BCUT2D eigenvalue weighted by Crippen LogP contribution is -1.82. The molecular formula is C11H15ClS2. The normalized spacial score (nSPS) is 12.7. The molecule has 0 amide bonds. The molecule has 0 atom stereocenters. The van der Waals surface area contributed by atoms with Crippen LogP contribution in [-0.2, 0) is 0 Å². The number of thioether (sulfide) groups is 2. The van der Waals surface area contributed by atoms with Gasteiger partial charge in [-0.15, -0.1) is 23.5 Å². The summed E-state index contributed by atoms with van der Waals surface area (Å²) in [5.74, 6) is 2.07. The molecule has 0 aromatic rings. The molecule has 0 aromatic carbocycles. The van der Waals surface area contributed by atoms with Crippen molar-refractivity contribution in [2.24, 2.45) is 0 Å². The van der Waals surface area contributed by atoms with Crippen LogP contribution in [0.5, 0.6) is 0 Å². The van der Waals surface area contributed by atoms with E-state index in [1.54, 1.807) is 23.9 Å². The van der Waals surface area contributed by atoms with Crippen LogP contribution in [0, 0.1) is 0 Å². The molecule has 0 rings (SSSR count). The van der Waals surface area contributed by atoms with Crippen LogP contribution in [0.15, 0.2) is 46.7 Å².